The van der Waals surface area contributed by atoms with Crippen LogP contribution in [0.1, 0.15) is 57.9 Å². The van der Waals surface area contributed by atoms with Crippen molar-refractivity contribution in [3.63, 3.8) is 0 Å². The largest absolute Gasteiger partial charge is 0.355 e. The van der Waals surface area contributed by atoms with E-state index in [2.05, 4.69) is 34.4 Å². The summed E-state index contributed by atoms with van der Waals surface area (Å²) in [5.74, 6) is 0.759. The highest BCUT2D eigenvalue weighted by atomic mass is 32.2. The number of likely N-dealkylation sites (tertiary alicyclic amines) is 1. The zero-order valence-electron chi connectivity index (χ0n) is 19.4. The SMILES string of the molecule is CN=C(NCc1ccc(S(=O)(=O)N2CCCCC2)cc1)NCC(C)(C)N1CCCCC1. The van der Waals surface area contributed by atoms with E-state index in [0.29, 0.717) is 24.5 Å². The second kappa shape index (κ2) is 10.8. The molecular weight excluding hydrogens is 410 g/mol. The van der Waals surface area contributed by atoms with Gasteiger partial charge in [0.2, 0.25) is 10.0 Å². The highest BCUT2D eigenvalue weighted by Gasteiger charge is 2.28. The molecule has 3 rings (SSSR count). The van der Waals surface area contributed by atoms with Gasteiger partial charge in [-0.3, -0.25) is 9.89 Å². The summed E-state index contributed by atoms with van der Waals surface area (Å²) in [5.41, 5.74) is 1.10. The third-order valence-electron chi connectivity index (χ3n) is 6.46. The molecule has 0 spiro atoms. The molecule has 2 fully saturated rings. The Balaban J connectivity index is 1.51. The van der Waals surface area contributed by atoms with E-state index in [4.69, 9.17) is 0 Å². The van der Waals surface area contributed by atoms with Crippen LogP contribution in [-0.4, -0.2) is 68.9 Å². The molecular formula is C23H39N5O2S. The minimum absolute atomic E-state index is 0.0719. The Hall–Kier alpha value is -1.64. The third kappa shape index (κ3) is 6.43. The highest BCUT2D eigenvalue weighted by molar-refractivity contribution is 7.89. The molecule has 174 valence electrons. The van der Waals surface area contributed by atoms with Crippen LogP contribution < -0.4 is 10.6 Å². The van der Waals surface area contributed by atoms with E-state index in [0.717, 1.165) is 50.4 Å². The van der Waals surface area contributed by atoms with E-state index in [1.54, 1.807) is 23.5 Å². The Kier molecular flexibility index (Phi) is 8.36. The van der Waals surface area contributed by atoms with Crippen LogP contribution >= 0.6 is 0 Å². The first kappa shape index (κ1) is 24.0. The lowest BCUT2D eigenvalue weighted by Crippen LogP contribution is -2.54. The van der Waals surface area contributed by atoms with Crippen LogP contribution in [0.15, 0.2) is 34.2 Å². The minimum Gasteiger partial charge on any atom is -0.355 e. The molecule has 1 aromatic carbocycles. The first-order chi connectivity index (χ1) is 14.8. The second-order valence-electron chi connectivity index (χ2n) is 9.25. The summed E-state index contributed by atoms with van der Waals surface area (Å²) in [7, 11) is -1.60. The van der Waals surface area contributed by atoms with Crippen LogP contribution in [0.4, 0.5) is 0 Å². The minimum atomic E-state index is -3.38. The fraction of sp³-hybridized carbons (Fsp3) is 0.696. The van der Waals surface area contributed by atoms with Crippen molar-refractivity contribution >= 4 is 16.0 Å². The number of hydrogen-bond acceptors (Lipinski definition) is 4. The smallest absolute Gasteiger partial charge is 0.243 e. The molecule has 2 aliphatic heterocycles. The van der Waals surface area contributed by atoms with Gasteiger partial charge in [0.25, 0.3) is 0 Å². The summed E-state index contributed by atoms with van der Waals surface area (Å²) in [6.45, 7) is 9.54. The van der Waals surface area contributed by atoms with Gasteiger partial charge in [-0.05, 0) is 70.3 Å². The maximum absolute atomic E-state index is 12.8. The Morgan fingerprint density at radius 2 is 1.52 bits per heavy atom. The van der Waals surface area contributed by atoms with Gasteiger partial charge in [-0.2, -0.15) is 4.31 Å². The van der Waals surface area contributed by atoms with Crippen molar-refractivity contribution in [1.29, 1.82) is 0 Å². The number of nitrogens with one attached hydrogen (secondary N) is 2. The van der Waals surface area contributed by atoms with E-state index in [9.17, 15) is 8.42 Å². The van der Waals surface area contributed by atoms with Crippen LogP contribution in [0.3, 0.4) is 0 Å². The maximum atomic E-state index is 12.8. The number of guanidine groups is 1. The molecule has 2 aliphatic rings. The topological polar surface area (TPSA) is 77.0 Å². The molecule has 2 saturated heterocycles. The number of nitrogens with zero attached hydrogens (tertiary/aromatic N) is 3. The molecule has 7 nitrogen and oxygen atoms in total. The summed E-state index contributed by atoms with van der Waals surface area (Å²) < 4.78 is 27.2. The van der Waals surface area contributed by atoms with Crippen molar-refractivity contribution < 1.29 is 8.42 Å². The average molecular weight is 450 g/mol. The van der Waals surface area contributed by atoms with Gasteiger partial charge in [0.05, 0.1) is 4.90 Å². The monoisotopic (exact) mass is 449 g/mol. The molecule has 0 unspecified atom stereocenters. The predicted octanol–water partition coefficient (Wildman–Crippen LogP) is 2.79. The van der Waals surface area contributed by atoms with E-state index in [1.807, 2.05) is 12.1 Å². The highest BCUT2D eigenvalue weighted by Crippen LogP contribution is 2.21. The standard InChI is InChI=1S/C23H39N5O2S/c1-23(2,27-14-6-4-7-15-27)19-26-22(24-3)25-18-20-10-12-21(13-11-20)31(29,30)28-16-8-5-9-17-28/h10-13H,4-9,14-19H2,1-3H3,(H2,24,25,26). The van der Waals surface area contributed by atoms with Crippen molar-refractivity contribution in [2.45, 2.75) is 69.4 Å². The number of hydrogen-bond donors (Lipinski definition) is 2. The number of rotatable bonds is 7. The van der Waals surface area contributed by atoms with Crippen LogP contribution in [0, 0.1) is 0 Å². The van der Waals surface area contributed by atoms with Crippen molar-refractivity contribution in [1.82, 2.24) is 19.8 Å². The number of aliphatic imine (C=N–C) groups is 1. The molecule has 0 aliphatic carbocycles. The first-order valence-electron chi connectivity index (χ1n) is 11.6. The van der Waals surface area contributed by atoms with Gasteiger partial charge < -0.3 is 10.6 Å². The summed E-state index contributed by atoms with van der Waals surface area (Å²) in [5, 5.41) is 6.79. The van der Waals surface area contributed by atoms with E-state index in [1.165, 1.54) is 19.3 Å². The number of sulfonamides is 1. The molecule has 0 saturated carbocycles. The lowest BCUT2D eigenvalue weighted by Gasteiger charge is -2.41. The Labute approximate surface area is 188 Å². The van der Waals surface area contributed by atoms with Crippen molar-refractivity contribution in [2.75, 3.05) is 39.8 Å². The molecule has 0 radical (unpaired) electrons. The van der Waals surface area contributed by atoms with Gasteiger partial charge in [0, 0.05) is 38.8 Å². The third-order valence-corrected chi connectivity index (χ3v) is 8.37. The van der Waals surface area contributed by atoms with Gasteiger partial charge in [0.15, 0.2) is 5.96 Å². The molecule has 0 atom stereocenters. The van der Waals surface area contributed by atoms with Gasteiger partial charge in [-0.15, -0.1) is 0 Å². The van der Waals surface area contributed by atoms with Crippen LogP contribution in [-0.2, 0) is 16.6 Å². The van der Waals surface area contributed by atoms with Gasteiger partial charge in [0.1, 0.15) is 0 Å². The van der Waals surface area contributed by atoms with Crippen LogP contribution in [0.2, 0.25) is 0 Å². The summed E-state index contributed by atoms with van der Waals surface area (Å²) in [6, 6.07) is 7.21. The summed E-state index contributed by atoms with van der Waals surface area (Å²) >= 11 is 0. The number of piperidine rings is 2. The maximum Gasteiger partial charge on any atom is 0.243 e. The van der Waals surface area contributed by atoms with Crippen LogP contribution in [0.25, 0.3) is 0 Å². The lowest BCUT2D eigenvalue weighted by molar-refractivity contribution is 0.0982. The van der Waals surface area contributed by atoms with E-state index < -0.39 is 10.0 Å². The first-order valence-corrected chi connectivity index (χ1v) is 13.1. The fourth-order valence-corrected chi connectivity index (χ4v) is 5.87. The normalized spacial score (nSPS) is 19.9. The molecule has 2 heterocycles. The molecule has 1 aromatic rings. The molecule has 0 bridgehead atoms. The van der Waals surface area contributed by atoms with Gasteiger partial charge >= 0.3 is 0 Å². The van der Waals surface area contributed by atoms with Crippen molar-refractivity contribution in [3.05, 3.63) is 29.8 Å². The second-order valence-corrected chi connectivity index (χ2v) is 11.2. The zero-order chi connectivity index (χ0) is 22.3. The quantitative estimate of drug-likeness (QED) is 0.494. The predicted molar refractivity (Wildman–Crippen MR) is 127 cm³/mol. The Morgan fingerprint density at radius 3 is 2.10 bits per heavy atom. The van der Waals surface area contributed by atoms with E-state index >= 15 is 0 Å². The van der Waals surface area contributed by atoms with Crippen LogP contribution in [0.5, 0.6) is 0 Å². The molecule has 8 heteroatoms. The molecule has 0 amide bonds. The average Bonchev–Trinajstić information content (AvgIpc) is 2.80. The van der Waals surface area contributed by atoms with Crippen molar-refractivity contribution in [2.24, 2.45) is 4.99 Å². The molecule has 0 aromatic heterocycles. The van der Waals surface area contributed by atoms with Gasteiger partial charge in [-0.25, -0.2) is 8.42 Å². The summed E-state index contributed by atoms with van der Waals surface area (Å²) in [6.07, 6.45) is 6.90. The van der Waals surface area contributed by atoms with Gasteiger partial charge in [-0.1, -0.05) is 25.0 Å². The molecule has 31 heavy (non-hydrogen) atoms. The van der Waals surface area contributed by atoms with Crippen molar-refractivity contribution in [3.8, 4) is 0 Å². The fourth-order valence-electron chi connectivity index (χ4n) is 4.35. The molecule has 2 N–H and O–H groups in total. The zero-order valence-corrected chi connectivity index (χ0v) is 20.2. The number of benzene rings is 1. The Bertz CT molecular complexity index is 824. The van der Waals surface area contributed by atoms with E-state index in [-0.39, 0.29) is 5.54 Å². The Morgan fingerprint density at radius 1 is 0.935 bits per heavy atom. The summed E-state index contributed by atoms with van der Waals surface area (Å²) in [4.78, 5) is 7.28. The lowest BCUT2D eigenvalue weighted by atomic mass is 9.98.